The second-order valence-corrected chi connectivity index (χ2v) is 8.96. The maximum Gasteiger partial charge on any atom is 0.0593 e. The average molecular weight is 309 g/mol. The van der Waals surface area contributed by atoms with Gasteiger partial charge in [-0.1, -0.05) is 27.7 Å². The quantitative estimate of drug-likeness (QED) is 0.881. The van der Waals surface area contributed by atoms with Gasteiger partial charge >= 0.3 is 0 Å². The molecule has 0 bridgehead atoms. The molecule has 2 N–H and O–H groups in total. The number of nitrogens with two attached hydrogens (primary N) is 1. The Hall–Kier alpha value is -0.380. The van der Waals surface area contributed by atoms with E-state index in [0.29, 0.717) is 11.5 Å². The Morgan fingerprint density at radius 3 is 2.33 bits per heavy atom. The molecule has 3 heteroatoms. The van der Waals surface area contributed by atoms with Crippen LogP contribution in [0.1, 0.15) is 62.8 Å². The topological polar surface area (TPSA) is 29.3 Å². The van der Waals surface area contributed by atoms with Gasteiger partial charge in [0.2, 0.25) is 0 Å². The lowest BCUT2D eigenvalue weighted by molar-refractivity contribution is 0.0734. The SMILES string of the molecule is CCC(N)C(c1ccc(C)s1)N1CCC(C(C)(C)C)CC1. The Labute approximate surface area is 134 Å². The number of hydrogen-bond acceptors (Lipinski definition) is 3. The van der Waals surface area contributed by atoms with Crippen molar-refractivity contribution in [2.75, 3.05) is 13.1 Å². The third-order valence-corrected chi connectivity index (χ3v) is 6.15. The standard InChI is InChI=1S/C18H32N2S/c1-6-15(19)17(16-8-7-13(2)21-16)20-11-9-14(10-12-20)18(3,4)5/h7-8,14-15,17H,6,9-12,19H2,1-5H3. The van der Waals surface area contributed by atoms with Gasteiger partial charge < -0.3 is 5.73 Å². The van der Waals surface area contributed by atoms with Crippen molar-refractivity contribution in [1.29, 1.82) is 0 Å². The minimum absolute atomic E-state index is 0.245. The summed E-state index contributed by atoms with van der Waals surface area (Å²) in [5.41, 5.74) is 6.91. The van der Waals surface area contributed by atoms with Gasteiger partial charge in [-0.2, -0.15) is 0 Å². The van der Waals surface area contributed by atoms with Gasteiger partial charge in [0.1, 0.15) is 0 Å². The normalized spacial score (nSPS) is 21.4. The molecule has 0 saturated carbocycles. The van der Waals surface area contributed by atoms with Crippen LogP contribution in [0.5, 0.6) is 0 Å². The van der Waals surface area contributed by atoms with Crippen molar-refractivity contribution < 1.29 is 0 Å². The summed E-state index contributed by atoms with van der Waals surface area (Å²) in [5.74, 6) is 0.845. The highest BCUT2D eigenvalue weighted by Crippen LogP contribution is 2.38. The minimum atomic E-state index is 0.245. The van der Waals surface area contributed by atoms with Crippen molar-refractivity contribution in [3.05, 3.63) is 21.9 Å². The van der Waals surface area contributed by atoms with Gasteiger partial charge in [-0.3, -0.25) is 4.90 Å². The number of aryl methyl sites for hydroxylation is 1. The zero-order valence-electron chi connectivity index (χ0n) is 14.4. The van der Waals surface area contributed by atoms with Gasteiger partial charge in [0.25, 0.3) is 0 Å². The minimum Gasteiger partial charge on any atom is -0.326 e. The summed E-state index contributed by atoms with van der Waals surface area (Å²) in [6.45, 7) is 13.9. The first-order valence-corrected chi connectivity index (χ1v) is 9.20. The van der Waals surface area contributed by atoms with E-state index in [9.17, 15) is 0 Å². The summed E-state index contributed by atoms with van der Waals surface area (Å²) in [6.07, 6.45) is 3.66. The van der Waals surface area contributed by atoms with Gasteiger partial charge in [-0.05, 0) is 62.7 Å². The summed E-state index contributed by atoms with van der Waals surface area (Å²) in [6, 6.07) is 5.18. The van der Waals surface area contributed by atoms with Crippen molar-refractivity contribution in [2.24, 2.45) is 17.1 Å². The maximum atomic E-state index is 6.47. The predicted octanol–water partition coefficient (Wildman–Crippen LogP) is 4.59. The molecule has 1 aliphatic rings. The molecule has 21 heavy (non-hydrogen) atoms. The number of rotatable bonds is 4. The molecule has 2 unspecified atom stereocenters. The van der Waals surface area contributed by atoms with E-state index in [1.165, 1.54) is 35.7 Å². The van der Waals surface area contributed by atoms with Gasteiger partial charge in [-0.25, -0.2) is 0 Å². The lowest BCUT2D eigenvalue weighted by Gasteiger charge is -2.43. The summed E-state index contributed by atoms with van der Waals surface area (Å²) in [4.78, 5) is 5.49. The molecule has 2 heterocycles. The van der Waals surface area contributed by atoms with Crippen LogP contribution in [-0.2, 0) is 0 Å². The zero-order chi connectivity index (χ0) is 15.6. The van der Waals surface area contributed by atoms with Gasteiger partial charge in [0.05, 0.1) is 6.04 Å². The fraction of sp³-hybridized carbons (Fsp3) is 0.778. The van der Waals surface area contributed by atoms with E-state index in [2.05, 4.69) is 51.7 Å². The number of piperidine rings is 1. The highest BCUT2D eigenvalue weighted by molar-refractivity contribution is 7.12. The summed E-state index contributed by atoms with van der Waals surface area (Å²) < 4.78 is 0. The second kappa shape index (κ2) is 6.80. The lowest BCUT2D eigenvalue weighted by Crippen LogP contribution is -2.45. The van der Waals surface area contributed by atoms with Crippen molar-refractivity contribution in [1.82, 2.24) is 4.90 Å². The molecule has 1 aromatic heterocycles. The molecule has 0 radical (unpaired) electrons. The summed E-state index contributed by atoms with van der Waals surface area (Å²) in [5, 5.41) is 0. The fourth-order valence-electron chi connectivity index (χ4n) is 3.54. The first-order chi connectivity index (χ1) is 9.82. The predicted molar refractivity (Wildman–Crippen MR) is 93.8 cm³/mol. The van der Waals surface area contributed by atoms with Crippen LogP contribution in [0.25, 0.3) is 0 Å². The molecular formula is C18H32N2S. The molecule has 2 rings (SSSR count). The van der Waals surface area contributed by atoms with E-state index in [-0.39, 0.29) is 6.04 Å². The molecular weight excluding hydrogens is 276 g/mol. The first-order valence-electron chi connectivity index (χ1n) is 8.39. The Morgan fingerprint density at radius 2 is 1.90 bits per heavy atom. The third-order valence-electron chi connectivity index (χ3n) is 5.08. The number of hydrogen-bond donors (Lipinski definition) is 1. The lowest BCUT2D eigenvalue weighted by atomic mass is 9.75. The molecule has 1 saturated heterocycles. The van der Waals surface area contributed by atoms with Crippen LogP contribution >= 0.6 is 11.3 Å². The van der Waals surface area contributed by atoms with Crippen LogP contribution < -0.4 is 5.73 Å². The maximum absolute atomic E-state index is 6.47. The molecule has 120 valence electrons. The van der Waals surface area contributed by atoms with Crippen molar-refractivity contribution in [3.63, 3.8) is 0 Å². The number of likely N-dealkylation sites (tertiary alicyclic amines) is 1. The van der Waals surface area contributed by atoms with E-state index < -0.39 is 0 Å². The molecule has 0 spiro atoms. The third kappa shape index (κ3) is 4.08. The smallest absolute Gasteiger partial charge is 0.0593 e. The Balaban J connectivity index is 2.09. The molecule has 0 aromatic carbocycles. The molecule has 2 nitrogen and oxygen atoms in total. The molecule has 0 amide bonds. The Kier molecular flexibility index (Phi) is 5.50. The van der Waals surface area contributed by atoms with Crippen LogP contribution in [0.4, 0.5) is 0 Å². The van der Waals surface area contributed by atoms with E-state index in [4.69, 9.17) is 5.73 Å². The van der Waals surface area contributed by atoms with Crippen LogP contribution in [-0.4, -0.2) is 24.0 Å². The zero-order valence-corrected chi connectivity index (χ0v) is 15.2. The van der Waals surface area contributed by atoms with Crippen LogP contribution in [0.2, 0.25) is 0 Å². The van der Waals surface area contributed by atoms with E-state index in [0.717, 1.165) is 12.3 Å². The molecule has 1 aliphatic heterocycles. The van der Waals surface area contributed by atoms with E-state index in [1.54, 1.807) is 0 Å². The monoisotopic (exact) mass is 308 g/mol. The van der Waals surface area contributed by atoms with Gasteiger partial charge in [0, 0.05) is 15.8 Å². The number of thiophene rings is 1. The second-order valence-electron chi connectivity index (χ2n) is 7.64. The van der Waals surface area contributed by atoms with Gasteiger partial charge in [0.15, 0.2) is 0 Å². The number of nitrogens with zero attached hydrogens (tertiary/aromatic N) is 1. The van der Waals surface area contributed by atoms with Crippen LogP contribution in [0.15, 0.2) is 12.1 Å². The molecule has 0 aliphatic carbocycles. The van der Waals surface area contributed by atoms with Crippen molar-refractivity contribution in [2.45, 2.75) is 66.0 Å². The van der Waals surface area contributed by atoms with Crippen molar-refractivity contribution >= 4 is 11.3 Å². The molecule has 1 fully saturated rings. The van der Waals surface area contributed by atoms with Crippen molar-refractivity contribution in [3.8, 4) is 0 Å². The highest BCUT2D eigenvalue weighted by atomic mass is 32.1. The Bertz CT molecular complexity index is 438. The van der Waals surface area contributed by atoms with Crippen LogP contribution in [0.3, 0.4) is 0 Å². The Morgan fingerprint density at radius 1 is 1.29 bits per heavy atom. The summed E-state index contributed by atoms with van der Waals surface area (Å²) >= 11 is 1.92. The van der Waals surface area contributed by atoms with E-state index >= 15 is 0 Å². The largest absolute Gasteiger partial charge is 0.326 e. The summed E-state index contributed by atoms with van der Waals surface area (Å²) in [7, 11) is 0. The fourth-order valence-corrected chi connectivity index (χ4v) is 4.63. The van der Waals surface area contributed by atoms with Gasteiger partial charge in [-0.15, -0.1) is 11.3 Å². The van der Waals surface area contributed by atoms with E-state index in [1.807, 2.05) is 11.3 Å². The van der Waals surface area contributed by atoms with Crippen LogP contribution in [0, 0.1) is 18.3 Å². The molecule has 1 aromatic rings. The average Bonchev–Trinajstić information content (AvgIpc) is 2.84. The molecule has 2 atom stereocenters. The highest BCUT2D eigenvalue weighted by Gasteiger charge is 2.34. The first kappa shape index (κ1) is 17.0.